The molecule has 12 N–H and O–H groups in total. The van der Waals surface area contributed by atoms with Crippen molar-refractivity contribution in [3.8, 4) is 0 Å². The van der Waals surface area contributed by atoms with E-state index in [0.29, 0.717) is 81.3 Å². The van der Waals surface area contributed by atoms with Gasteiger partial charge in [0.15, 0.2) is 5.78 Å². The molecule has 0 radical (unpaired) electrons. The van der Waals surface area contributed by atoms with E-state index in [9.17, 15) is 93.0 Å². The molecule has 1 aliphatic heterocycles. The second-order valence-corrected chi connectivity index (χ2v) is 26.8. The Morgan fingerprint density at radius 1 is 0.465 bits per heavy atom. The molecular weight excluding hydrogens is 1330 g/mol. The number of Topliss-reactive ketones (excluding diaryl/α,β-unsaturated/α-hetero) is 3. The second kappa shape index (κ2) is 47.7. The number of carboxylic acid groups (broad SMARTS) is 7. The number of nitrogens with zero attached hydrogens (tertiary/aromatic N) is 4. The highest BCUT2D eigenvalue weighted by molar-refractivity contribution is 7.80. The van der Waals surface area contributed by atoms with Crippen molar-refractivity contribution in [3.63, 3.8) is 0 Å². The minimum atomic E-state index is -1.31. The van der Waals surface area contributed by atoms with E-state index in [0.717, 1.165) is 49.7 Å². The van der Waals surface area contributed by atoms with Crippen LogP contribution in [-0.4, -0.2) is 247 Å². The number of amides is 4. The largest absolute Gasteiger partial charge is 0.481 e. The van der Waals surface area contributed by atoms with Gasteiger partial charge in [-0.1, -0.05) is 80.7 Å². The number of urea groups is 1. The molecule has 29 nitrogen and oxygen atoms in total. The van der Waals surface area contributed by atoms with E-state index in [1.807, 2.05) is 42.5 Å². The van der Waals surface area contributed by atoms with Gasteiger partial charge >= 0.3 is 47.8 Å². The number of thiocarbonyl (C=S) groups is 1. The van der Waals surface area contributed by atoms with E-state index >= 15 is 0 Å². The molecule has 4 rings (SSSR count). The molecule has 2 aromatic rings. The van der Waals surface area contributed by atoms with Crippen LogP contribution in [0.15, 0.2) is 42.5 Å². The third-order valence-corrected chi connectivity index (χ3v) is 18.3. The summed E-state index contributed by atoms with van der Waals surface area (Å²) in [5, 5.41) is 81.0. The third kappa shape index (κ3) is 37.3. The number of ketones is 3. The maximum Gasteiger partial charge on any atom is 0.326 e. The molecule has 30 heteroatoms. The van der Waals surface area contributed by atoms with Crippen LogP contribution in [0.5, 0.6) is 0 Å². The molecule has 2 aliphatic rings. The molecule has 0 spiro atoms. The van der Waals surface area contributed by atoms with Crippen molar-refractivity contribution in [3.05, 3.63) is 70.3 Å². The number of rotatable bonds is 49. The maximum atomic E-state index is 14.0. The van der Waals surface area contributed by atoms with Gasteiger partial charge in [0, 0.05) is 134 Å². The Morgan fingerprint density at radius 2 is 1.00 bits per heavy atom. The number of carbonyl (C=O) groups is 13. The van der Waals surface area contributed by atoms with Gasteiger partial charge in [-0.2, -0.15) is 0 Å². The van der Waals surface area contributed by atoms with Gasteiger partial charge in [0.2, 0.25) is 11.8 Å². The third-order valence-electron chi connectivity index (χ3n) is 18.0. The van der Waals surface area contributed by atoms with E-state index in [2.05, 4.69) is 26.6 Å². The van der Waals surface area contributed by atoms with E-state index in [-0.39, 0.29) is 172 Å². The minimum Gasteiger partial charge on any atom is -0.481 e. The number of aliphatic carboxylic acids is 7. The lowest BCUT2D eigenvalue weighted by molar-refractivity contribution is -0.143. The lowest BCUT2D eigenvalue weighted by Crippen LogP contribution is -2.53. The van der Waals surface area contributed by atoms with Crippen LogP contribution in [-0.2, 0) is 78.4 Å². The molecule has 0 saturated carbocycles. The molecule has 0 aromatic heterocycles. The summed E-state index contributed by atoms with van der Waals surface area (Å²) < 4.78 is 0. The maximum absolute atomic E-state index is 14.0. The van der Waals surface area contributed by atoms with E-state index in [4.69, 9.17) is 17.3 Å². The van der Waals surface area contributed by atoms with Crippen molar-refractivity contribution in [2.24, 2.45) is 5.92 Å². The molecule has 1 fully saturated rings. The molecule has 0 bridgehead atoms. The van der Waals surface area contributed by atoms with Gasteiger partial charge < -0.3 is 62.3 Å². The minimum absolute atomic E-state index is 0.00629. The van der Waals surface area contributed by atoms with Crippen molar-refractivity contribution in [1.29, 1.82) is 0 Å². The second-order valence-electron chi connectivity index (χ2n) is 26.3. The van der Waals surface area contributed by atoms with E-state index in [1.165, 1.54) is 11.1 Å². The summed E-state index contributed by atoms with van der Waals surface area (Å²) in [6.45, 7) is 0.293. The molecule has 2 aromatic carbocycles. The van der Waals surface area contributed by atoms with Crippen molar-refractivity contribution < 1.29 is 98.1 Å². The molecule has 4 amide bonds. The summed E-state index contributed by atoms with van der Waals surface area (Å²) >= 11 is 5.72. The number of nitrogens with one attached hydrogen (secondary N) is 5. The summed E-state index contributed by atoms with van der Waals surface area (Å²) in [7, 11) is 0. The molecule has 1 saturated heterocycles. The van der Waals surface area contributed by atoms with Gasteiger partial charge in [-0.3, -0.25) is 67.5 Å². The molecule has 1 aliphatic carbocycles. The first-order valence-corrected chi connectivity index (χ1v) is 35.7. The summed E-state index contributed by atoms with van der Waals surface area (Å²) in [6.07, 6.45) is 11.1. The first-order valence-electron chi connectivity index (χ1n) is 35.3. The number of aryl methyl sites for hydroxylation is 2. The van der Waals surface area contributed by atoms with Crippen molar-refractivity contribution in [1.82, 2.24) is 46.2 Å². The fourth-order valence-electron chi connectivity index (χ4n) is 12.4. The van der Waals surface area contributed by atoms with E-state index in [1.54, 1.807) is 19.6 Å². The van der Waals surface area contributed by atoms with Gasteiger partial charge in [0.05, 0.1) is 31.2 Å². The zero-order valence-electron chi connectivity index (χ0n) is 58.0. The SMILES string of the molecule is O=C(O)CCCNC(=O)N[C@@H](CCC(=O)CCCCCCCCC(=O)C[C@@H](CCCCNC(=S)Cc1ccc(CC2CN(CC(=O)O)CCN(CC(=O)O)CCN(CC(=O)O)CCN2CC(=O)O)cc1)C(=O)N[C@@H](CCCCNC(=O)CCC(=O)c1ccc2c(c1)CCCC2)C(=O)O)C(=O)O. The number of hydrogen-bond acceptors (Lipinski definition) is 18. The molecule has 4 atom stereocenters. The molecular formula is C71H105N9O20S. The topological polar surface area (TPSA) is 437 Å². The number of carboxylic acids is 7. The fraction of sp³-hybridized carbons (Fsp3) is 0.634. The molecule has 560 valence electrons. The quantitative estimate of drug-likeness (QED) is 0.0239. The Bertz CT molecular complexity index is 3080. The first-order chi connectivity index (χ1) is 48.2. The highest BCUT2D eigenvalue weighted by Crippen LogP contribution is 2.24. The average Bonchev–Trinajstić information content (AvgIpc) is 0.847. The number of hydrogen-bond donors (Lipinski definition) is 12. The average molecular weight is 1440 g/mol. The fourth-order valence-corrected chi connectivity index (χ4v) is 12.7. The van der Waals surface area contributed by atoms with Crippen LogP contribution in [0.2, 0.25) is 0 Å². The first kappa shape index (κ1) is 85.1. The number of fused-ring (bicyclic) bond motifs is 1. The summed E-state index contributed by atoms with van der Waals surface area (Å²) in [5.41, 5.74) is 4.69. The standard InChI is InChI=1S/C71H105N9O20S/c81-56(27-28-59(70(98)99)76-71(100)74-33-13-20-63(85)86)17-5-3-1-2-4-6-18-57(82)43-54(68(95)75-58(69(96)97)19-10-12-31-72-61(84)30-29-60(83)53-26-25-51-14-7-8-15-52(51)42-53)16-9-11-32-73-62(101)41-50-23-21-49(22-24-50)40-55-44-79(47-66(91)92)37-36-77(45-64(87)88)34-35-78(46-65(89)90)38-39-80(55)48-67(93)94/h21-26,42,54-55,58-59H,1-20,27-41,43-48H2,(H,72,84)(H,73,101)(H,75,95)(H,85,86)(H,87,88)(H,89,90)(H,91,92)(H,93,94)(H,96,97)(H,98,99)(H2,74,76,100)/t54-,55?,58+,59+/m1/s1. The summed E-state index contributed by atoms with van der Waals surface area (Å²) in [5.74, 6) is -10.2. The van der Waals surface area contributed by atoms with Gasteiger partial charge in [0.25, 0.3) is 0 Å². The Kier molecular flexibility index (Phi) is 40.2. The predicted molar refractivity (Wildman–Crippen MR) is 376 cm³/mol. The molecule has 1 heterocycles. The van der Waals surface area contributed by atoms with E-state index < -0.39 is 84.3 Å². The molecule has 101 heavy (non-hydrogen) atoms. The number of carbonyl (C=O) groups excluding carboxylic acids is 6. The summed E-state index contributed by atoms with van der Waals surface area (Å²) in [4.78, 5) is 168. The zero-order chi connectivity index (χ0) is 74.1. The molecule has 1 unspecified atom stereocenters. The summed E-state index contributed by atoms with van der Waals surface area (Å²) in [6, 6.07) is 9.34. The lowest BCUT2D eigenvalue weighted by atomic mass is 9.89. The number of unbranched alkanes of at least 4 members (excludes halogenated alkanes) is 7. The van der Waals surface area contributed by atoms with Crippen LogP contribution >= 0.6 is 12.2 Å². The van der Waals surface area contributed by atoms with Crippen LogP contribution in [0.4, 0.5) is 4.79 Å². The van der Waals surface area contributed by atoms with Crippen LogP contribution in [0.1, 0.15) is 180 Å². The van der Waals surface area contributed by atoms with Crippen LogP contribution < -0.4 is 26.6 Å². The smallest absolute Gasteiger partial charge is 0.326 e. The van der Waals surface area contributed by atoms with Crippen molar-refractivity contribution in [2.45, 2.75) is 191 Å². The van der Waals surface area contributed by atoms with Gasteiger partial charge in [-0.05, 0) is 118 Å². The highest BCUT2D eigenvalue weighted by atomic mass is 32.1. The van der Waals surface area contributed by atoms with Gasteiger partial charge in [-0.15, -0.1) is 0 Å². The zero-order valence-corrected chi connectivity index (χ0v) is 58.8. The lowest BCUT2D eigenvalue weighted by Gasteiger charge is -2.37. The number of benzene rings is 2. The Hall–Kier alpha value is -8.32. The normalized spacial score (nSPS) is 15.7. The van der Waals surface area contributed by atoms with Crippen molar-refractivity contribution >= 4 is 94.2 Å². The van der Waals surface area contributed by atoms with Crippen LogP contribution in [0, 0.1) is 5.92 Å². The van der Waals surface area contributed by atoms with Crippen LogP contribution in [0.25, 0.3) is 0 Å². The Morgan fingerprint density at radius 3 is 1.61 bits per heavy atom. The Labute approximate surface area is 595 Å². The van der Waals surface area contributed by atoms with Crippen LogP contribution in [0.3, 0.4) is 0 Å². The Balaban J connectivity index is 1.30. The monoisotopic (exact) mass is 1440 g/mol. The highest BCUT2D eigenvalue weighted by Gasteiger charge is 2.30. The van der Waals surface area contributed by atoms with Crippen molar-refractivity contribution in [2.75, 3.05) is 91.6 Å². The predicted octanol–water partition coefficient (Wildman–Crippen LogP) is 4.85. The van der Waals surface area contributed by atoms with Gasteiger partial charge in [-0.25, -0.2) is 14.4 Å². The van der Waals surface area contributed by atoms with Gasteiger partial charge in [0.1, 0.15) is 23.7 Å².